The van der Waals surface area contributed by atoms with Gasteiger partial charge in [-0.25, -0.2) is 22.2 Å². The fraction of sp³-hybridized carbons (Fsp3) is 0.333. The average Bonchev–Trinajstić information content (AvgIpc) is 3.27. The Bertz CT molecular complexity index is 1210. The molecule has 12 heteroatoms. The van der Waals surface area contributed by atoms with Gasteiger partial charge in [-0.05, 0) is 42.9 Å². The van der Waals surface area contributed by atoms with Gasteiger partial charge < -0.3 is 9.84 Å². The van der Waals surface area contributed by atoms with E-state index in [0.29, 0.717) is 36.4 Å². The van der Waals surface area contributed by atoms with Crippen LogP contribution in [0.15, 0.2) is 47.6 Å². The van der Waals surface area contributed by atoms with Gasteiger partial charge in [0.05, 0.1) is 12.7 Å². The maximum absolute atomic E-state index is 14.7. The van der Waals surface area contributed by atoms with Crippen molar-refractivity contribution in [3.63, 3.8) is 0 Å². The maximum atomic E-state index is 14.7. The van der Waals surface area contributed by atoms with Crippen LogP contribution in [0.4, 0.5) is 13.9 Å². The lowest BCUT2D eigenvalue weighted by Gasteiger charge is -2.34. The van der Waals surface area contributed by atoms with Crippen LogP contribution in [-0.2, 0) is 10.0 Å². The summed E-state index contributed by atoms with van der Waals surface area (Å²) in [6.07, 6.45) is 2.40. The molecule has 1 fully saturated rings. The van der Waals surface area contributed by atoms with Crippen LogP contribution in [0.1, 0.15) is 30.7 Å². The number of hydrogen-bond acceptors (Lipinski definition) is 7. The third-order valence-corrected chi connectivity index (χ3v) is 7.88. The van der Waals surface area contributed by atoms with Gasteiger partial charge in [-0.15, -0.1) is 0 Å². The number of rotatable bonds is 7. The van der Waals surface area contributed by atoms with Crippen LogP contribution in [0.5, 0.6) is 5.75 Å². The molecule has 176 valence electrons. The van der Waals surface area contributed by atoms with Crippen LogP contribution in [0, 0.1) is 17.6 Å². The van der Waals surface area contributed by atoms with Crippen LogP contribution in [0.3, 0.4) is 0 Å². The highest BCUT2D eigenvalue weighted by Crippen LogP contribution is 2.39. The van der Waals surface area contributed by atoms with E-state index < -0.39 is 38.4 Å². The number of ether oxygens (including phenoxy) is 1. The van der Waals surface area contributed by atoms with Gasteiger partial charge in [-0.2, -0.15) is 4.37 Å². The molecule has 3 aromatic rings. The van der Waals surface area contributed by atoms with Crippen molar-refractivity contribution >= 4 is 38.3 Å². The molecule has 3 atom stereocenters. The summed E-state index contributed by atoms with van der Waals surface area (Å²) in [5.41, 5.74) is 1.02. The monoisotopic (exact) mass is 515 g/mol. The number of anilines is 1. The fourth-order valence-electron chi connectivity index (χ4n) is 3.98. The van der Waals surface area contributed by atoms with Crippen molar-refractivity contribution in [2.45, 2.75) is 36.2 Å². The van der Waals surface area contributed by atoms with Crippen molar-refractivity contribution < 1.29 is 27.0 Å². The Labute approximate surface area is 198 Å². The molecule has 0 saturated heterocycles. The topological polar surface area (TPSA) is 101 Å². The van der Waals surface area contributed by atoms with Crippen LogP contribution in [0.25, 0.3) is 0 Å². The van der Waals surface area contributed by atoms with Gasteiger partial charge in [0.2, 0.25) is 5.13 Å². The zero-order chi connectivity index (χ0) is 23.6. The third kappa shape index (κ3) is 5.60. The van der Waals surface area contributed by atoms with E-state index in [-0.39, 0.29) is 23.6 Å². The zero-order valence-electron chi connectivity index (χ0n) is 17.1. The zero-order valence-corrected chi connectivity index (χ0v) is 19.5. The SMILES string of the molecule is O=S(=O)(Nc1ncns1)c1cc(F)c(OCC2C[C@H](O)CCC2c2ccc(Cl)cc2)cc1F. The first-order chi connectivity index (χ1) is 15.7. The number of aliphatic hydroxyl groups excluding tert-OH is 1. The summed E-state index contributed by atoms with van der Waals surface area (Å²) in [5, 5.41) is 10.7. The van der Waals surface area contributed by atoms with E-state index >= 15 is 0 Å². The van der Waals surface area contributed by atoms with Gasteiger partial charge in [0.15, 0.2) is 11.6 Å². The van der Waals surface area contributed by atoms with E-state index in [1.54, 1.807) is 12.1 Å². The fourth-order valence-corrected chi connectivity index (χ4v) is 5.84. The molecule has 2 unspecified atom stereocenters. The molecule has 0 radical (unpaired) electrons. The van der Waals surface area contributed by atoms with E-state index in [9.17, 15) is 22.3 Å². The van der Waals surface area contributed by atoms with Crippen molar-refractivity contribution in [3.8, 4) is 5.75 Å². The van der Waals surface area contributed by atoms with Gasteiger partial charge in [-0.1, -0.05) is 23.7 Å². The molecule has 0 spiro atoms. The van der Waals surface area contributed by atoms with Crippen LogP contribution >= 0.6 is 23.1 Å². The lowest BCUT2D eigenvalue weighted by Crippen LogP contribution is -2.30. The van der Waals surface area contributed by atoms with Gasteiger partial charge >= 0.3 is 0 Å². The van der Waals surface area contributed by atoms with Crippen LogP contribution in [-0.4, -0.2) is 35.6 Å². The summed E-state index contributed by atoms with van der Waals surface area (Å²) in [6.45, 7) is 0.0237. The normalized spacial score (nSPS) is 21.0. The minimum absolute atomic E-state index is 0.0237. The Morgan fingerprint density at radius 1 is 1.18 bits per heavy atom. The molecule has 0 aliphatic heterocycles. The first-order valence-corrected chi connectivity index (χ1v) is 12.7. The second-order valence-electron chi connectivity index (χ2n) is 7.76. The Balaban J connectivity index is 1.51. The standard InChI is InChI=1S/C21H20ClF2N3O4S2/c22-14-3-1-12(2-4-14)16-6-5-15(28)7-13(16)10-31-19-8-18(24)20(9-17(19)23)33(29,30)27-21-25-11-26-32-21/h1-4,8-9,11,13,15-16,28H,5-7,10H2,(H,25,26,27)/t13?,15-,16?/m1/s1. The largest absolute Gasteiger partial charge is 0.490 e. The molecular formula is C21H20ClF2N3O4S2. The van der Waals surface area contributed by atoms with E-state index in [1.165, 1.54) is 0 Å². The molecule has 0 amide bonds. The molecule has 1 aliphatic carbocycles. The quantitative estimate of drug-likeness (QED) is 0.477. The summed E-state index contributed by atoms with van der Waals surface area (Å²) < 4.78 is 65.3. The summed E-state index contributed by atoms with van der Waals surface area (Å²) in [7, 11) is -4.40. The number of hydrogen-bond donors (Lipinski definition) is 2. The molecule has 2 aromatic carbocycles. The molecular weight excluding hydrogens is 496 g/mol. The number of benzene rings is 2. The molecule has 1 aliphatic rings. The molecule has 2 N–H and O–H groups in total. The molecule has 1 heterocycles. The van der Waals surface area contributed by atoms with Crippen LogP contribution < -0.4 is 9.46 Å². The Kier molecular flexibility index (Phi) is 7.13. The molecule has 4 rings (SSSR count). The smallest absolute Gasteiger partial charge is 0.266 e. The number of aromatic nitrogens is 2. The van der Waals surface area contributed by atoms with Crippen LogP contribution in [0.2, 0.25) is 5.02 Å². The van der Waals surface area contributed by atoms with E-state index in [0.717, 1.165) is 23.4 Å². The number of aliphatic hydroxyl groups is 1. The Morgan fingerprint density at radius 3 is 2.64 bits per heavy atom. The second kappa shape index (κ2) is 9.88. The minimum atomic E-state index is -4.40. The van der Waals surface area contributed by atoms with Gasteiger partial charge in [-0.3, -0.25) is 4.72 Å². The predicted molar refractivity (Wildman–Crippen MR) is 120 cm³/mol. The highest BCUT2D eigenvalue weighted by Gasteiger charge is 2.32. The molecule has 7 nitrogen and oxygen atoms in total. The number of halogens is 3. The number of nitrogens with one attached hydrogen (secondary N) is 1. The number of sulfonamides is 1. The molecule has 33 heavy (non-hydrogen) atoms. The highest BCUT2D eigenvalue weighted by atomic mass is 35.5. The molecule has 1 saturated carbocycles. The summed E-state index contributed by atoms with van der Waals surface area (Å²) in [6, 6.07) is 8.65. The van der Waals surface area contributed by atoms with Crippen molar-refractivity contribution in [1.29, 1.82) is 0 Å². The first-order valence-electron chi connectivity index (χ1n) is 10.1. The summed E-state index contributed by atoms with van der Waals surface area (Å²) in [4.78, 5) is 2.80. The Hall–Kier alpha value is -2.34. The lowest BCUT2D eigenvalue weighted by atomic mass is 9.75. The van der Waals surface area contributed by atoms with E-state index in [2.05, 4.69) is 14.1 Å². The number of nitrogens with zero attached hydrogens (tertiary/aromatic N) is 2. The second-order valence-corrected chi connectivity index (χ2v) is 10.6. The lowest BCUT2D eigenvalue weighted by molar-refractivity contribution is 0.0670. The molecule has 1 aromatic heterocycles. The van der Waals surface area contributed by atoms with Gasteiger partial charge in [0, 0.05) is 34.6 Å². The summed E-state index contributed by atoms with van der Waals surface area (Å²) >= 11 is 6.73. The third-order valence-electron chi connectivity index (χ3n) is 5.56. The van der Waals surface area contributed by atoms with Crippen molar-refractivity contribution in [2.24, 2.45) is 5.92 Å². The van der Waals surface area contributed by atoms with E-state index in [1.807, 2.05) is 12.1 Å². The van der Waals surface area contributed by atoms with E-state index in [4.69, 9.17) is 16.3 Å². The van der Waals surface area contributed by atoms with Crippen molar-refractivity contribution in [3.05, 3.63) is 64.9 Å². The Morgan fingerprint density at radius 2 is 1.94 bits per heavy atom. The predicted octanol–water partition coefficient (Wildman–Crippen LogP) is 4.59. The maximum Gasteiger partial charge on any atom is 0.266 e. The average molecular weight is 516 g/mol. The van der Waals surface area contributed by atoms with Crippen molar-refractivity contribution in [2.75, 3.05) is 11.3 Å². The van der Waals surface area contributed by atoms with Crippen molar-refractivity contribution in [1.82, 2.24) is 9.36 Å². The molecule has 0 bridgehead atoms. The first kappa shape index (κ1) is 23.8. The summed E-state index contributed by atoms with van der Waals surface area (Å²) in [5.74, 6) is -2.69. The van der Waals surface area contributed by atoms with Gasteiger partial charge in [0.1, 0.15) is 17.0 Å². The van der Waals surface area contributed by atoms with Gasteiger partial charge in [0.25, 0.3) is 10.0 Å². The minimum Gasteiger partial charge on any atom is -0.490 e. The highest BCUT2D eigenvalue weighted by molar-refractivity contribution is 7.93.